The number of benzene rings is 1. The van der Waals surface area contributed by atoms with Crippen molar-refractivity contribution in [1.82, 2.24) is 15.0 Å². The molecule has 1 aromatic carbocycles. The van der Waals surface area contributed by atoms with Gasteiger partial charge in [0.05, 0.1) is 12.2 Å². The lowest BCUT2D eigenvalue weighted by Gasteiger charge is -2.36. The fourth-order valence-corrected chi connectivity index (χ4v) is 4.62. The molecule has 1 unspecified atom stereocenters. The van der Waals surface area contributed by atoms with E-state index in [1.807, 2.05) is 19.1 Å². The average molecular weight is 412 g/mol. The van der Waals surface area contributed by atoms with Gasteiger partial charge in [0.25, 0.3) is 0 Å². The number of nitrogens with zero attached hydrogens (tertiary/aromatic N) is 3. The Hall–Kier alpha value is -2.34. The van der Waals surface area contributed by atoms with Crippen LogP contribution in [0.1, 0.15) is 55.5 Å². The molecule has 1 amide bonds. The normalized spacial score (nSPS) is 22.0. The lowest BCUT2D eigenvalue weighted by molar-refractivity contribution is -0.135. The number of amides is 1. The van der Waals surface area contributed by atoms with Crippen LogP contribution < -0.4 is 4.74 Å². The van der Waals surface area contributed by atoms with Gasteiger partial charge in [0.1, 0.15) is 12.4 Å². The van der Waals surface area contributed by atoms with Crippen molar-refractivity contribution in [3.8, 4) is 5.75 Å². The number of hydrogen-bond donors (Lipinski definition) is 0. The number of carbonyl (C=O) groups is 1. The van der Waals surface area contributed by atoms with Crippen LogP contribution in [0.3, 0.4) is 0 Å². The molecule has 1 fully saturated rings. The molecule has 4 rings (SSSR count). The highest BCUT2D eigenvalue weighted by molar-refractivity contribution is 5.76. The molecule has 6 nitrogen and oxygen atoms in total. The van der Waals surface area contributed by atoms with Gasteiger partial charge in [0.15, 0.2) is 5.76 Å². The monoisotopic (exact) mass is 411 g/mol. The van der Waals surface area contributed by atoms with Gasteiger partial charge in [-0.05, 0) is 69.7 Å². The molecule has 0 radical (unpaired) electrons. The summed E-state index contributed by atoms with van der Waals surface area (Å²) in [6.07, 6.45) is 6.96. The van der Waals surface area contributed by atoms with E-state index in [0.717, 1.165) is 68.9 Å². The van der Waals surface area contributed by atoms with Crippen LogP contribution in [0.25, 0.3) is 0 Å². The molecule has 0 N–H and O–H groups in total. The second-order valence-corrected chi connectivity index (χ2v) is 8.59. The van der Waals surface area contributed by atoms with Crippen molar-refractivity contribution in [3.05, 3.63) is 47.3 Å². The van der Waals surface area contributed by atoms with Crippen LogP contribution in [-0.2, 0) is 17.8 Å². The summed E-state index contributed by atoms with van der Waals surface area (Å²) in [6, 6.07) is 10.8. The van der Waals surface area contributed by atoms with Gasteiger partial charge in [-0.1, -0.05) is 17.3 Å². The summed E-state index contributed by atoms with van der Waals surface area (Å²) >= 11 is 0. The van der Waals surface area contributed by atoms with Crippen LogP contribution in [0.5, 0.6) is 5.75 Å². The zero-order valence-corrected chi connectivity index (χ0v) is 18.0. The van der Waals surface area contributed by atoms with Crippen molar-refractivity contribution in [2.24, 2.45) is 0 Å². The molecule has 0 spiro atoms. The van der Waals surface area contributed by atoms with Crippen molar-refractivity contribution in [2.75, 3.05) is 26.2 Å². The number of hydrogen-bond acceptors (Lipinski definition) is 5. The maximum Gasteiger partial charge on any atom is 0.222 e. The summed E-state index contributed by atoms with van der Waals surface area (Å²) in [4.78, 5) is 17.4. The predicted octanol–water partition coefficient (Wildman–Crippen LogP) is 3.97. The summed E-state index contributed by atoms with van der Waals surface area (Å²) in [6.45, 7) is 5.76. The Morgan fingerprint density at radius 2 is 2.00 bits per heavy atom. The molecule has 0 aliphatic carbocycles. The third-order valence-electron chi connectivity index (χ3n) is 6.21. The first-order valence-corrected chi connectivity index (χ1v) is 11.3. The molecule has 162 valence electrons. The highest BCUT2D eigenvalue weighted by Crippen LogP contribution is 2.24. The van der Waals surface area contributed by atoms with Gasteiger partial charge in [-0.25, -0.2) is 0 Å². The molecule has 6 heteroatoms. The quantitative estimate of drug-likeness (QED) is 0.748. The van der Waals surface area contributed by atoms with Crippen molar-refractivity contribution >= 4 is 5.91 Å². The van der Waals surface area contributed by atoms with Crippen LogP contribution in [0, 0.1) is 6.92 Å². The topological polar surface area (TPSA) is 58.8 Å². The van der Waals surface area contributed by atoms with Crippen LogP contribution in [0.2, 0.25) is 0 Å². The van der Waals surface area contributed by atoms with E-state index in [1.165, 1.54) is 12.0 Å². The van der Waals surface area contributed by atoms with Crippen LogP contribution in [0.4, 0.5) is 0 Å². The molecular formula is C24H33N3O3. The van der Waals surface area contributed by atoms with Gasteiger partial charge >= 0.3 is 0 Å². The molecule has 1 atom stereocenters. The predicted molar refractivity (Wildman–Crippen MR) is 115 cm³/mol. The highest BCUT2D eigenvalue weighted by atomic mass is 16.5. The van der Waals surface area contributed by atoms with Crippen LogP contribution in [-0.4, -0.2) is 53.1 Å². The van der Waals surface area contributed by atoms with E-state index in [4.69, 9.17) is 9.26 Å². The Labute approximate surface area is 179 Å². The molecule has 2 aliphatic rings. The van der Waals surface area contributed by atoms with Gasteiger partial charge in [0.2, 0.25) is 5.91 Å². The van der Waals surface area contributed by atoms with Gasteiger partial charge in [0, 0.05) is 31.6 Å². The lowest BCUT2D eigenvalue weighted by atomic mass is 9.95. The minimum absolute atomic E-state index is 0.315. The number of ether oxygens (including phenoxy) is 1. The molecule has 2 aromatic rings. The first kappa shape index (κ1) is 20.9. The Kier molecular flexibility index (Phi) is 7.05. The molecule has 2 aliphatic heterocycles. The first-order valence-electron chi connectivity index (χ1n) is 11.3. The van der Waals surface area contributed by atoms with Gasteiger partial charge in [-0.3, -0.25) is 9.69 Å². The second kappa shape index (κ2) is 10.1. The number of aryl methyl sites for hydroxylation is 2. The maximum absolute atomic E-state index is 13.0. The van der Waals surface area contributed by atoms with Gasteiger partial charge in [-0.2, -0.15) is 0 Å². The molecular weight excluding hydrogens is 378 g/mol. The van der Waals surface area contributed by atoms with Crippen LogP contribution in [0.15, 0.2) is 34.9 Å². The number of rotatable bonds is 2. The van der Waals surface area contributed by atoms with E-state index in [2.05, 4.69) is 33.2 Å². The molecule has 0 saturated carbocycles. The number of carbonyl (C=O) groups excluding carboxylic acids is 1. The minimum Gasteiger partial charge on any atom is -0.492 e. The molecule has 30 heavy (non-hydrogen) atoms. The van der Waals surface area contributed by atoms with Gasteiger partial charge in [-0.15, -0.1) is 0 Å². The van der Waals surface area contributed by atoms with E-state index in [9.17, 15) is 4.79 Å². The summed E-state index contributed by atoms with van der Waals surface area (Å²) in [5.41, 5.74) is 2.18. The zero-order valence-electron chi connectivity index (χ0n) is 18.0. The van der Waals surface area contributed by atoms with E-state index < -0.39 is 0 Å². The van der Waals surface area contributed by atoms with E-state index in [0.29, 0.717) is 31.5 Å². The fraction of sp³-hybridized carbons (Fsp3) is 0.583. The third kappa shape index (κ3) is 5.63. The second-order valence-electron chi connectivity index (χ2n) is 8.59. The standard InChI is InChI=1S/C24H33N3O3/c1-19-16-23(30-25-19)18-26-12-5-9-24(28)27-13-3-2-7-21(27)11-10-20-6-4-8-22(17-20)29-15-14-26/h4,6,8,16-17,21H,2-3,5,7,9-15,18H2,1H3. The summed E-state index contributed by atoms with van der Waals surface area (Å²) in [5.74, 6) is 2.10. The SMILES string of the molecule is Cc1cc(CN2CCCC(=O)N3CCCCC3CCc3cccc(c3)OCC2)on1. The Morgan fingerprint density at radius 3 is 2.87 bits per heavy atom. The number of fused-ring (bicyclic) bond motifs is 3. The van der Waals surface area contributed by atoms with E-state index >= 15 is 0 Å². The number of piperidine rings is 1. The Bertz CT molecular complexity index is 835. The van der Waals surface area contributed by atoms with E-state index in [1.54, 1.807) is 0 Å². The Balaban J connectivity index is 1.48. The maximum atomic E-state index is 13.0. The summed E-state index contributed by atoms with van der Waals surface area (Å²) < 4.78 is 11.5. The van der Waals surface area contributed by atoms with Crippen molar-refractivity contribution < 1.29 is 14.1 Å². The van der Waals surface area contributed by atoms with E-state index in [-0.39, 0.29) is 0 Å². The first-order chi connectivity index (χ1) is 14.7. The molecule has 2 bridgehead atoms. The van der Waals surface area contributed by atoms with Crippen molar-refractivity contribution in [2.45, 2.75) is 64.5 Å². The third-order valence-corrected chi connectivity index (χ3v) is 6.21. The Morgan fingerprint density at radius 1 is 1.07 bits per heavy atom. The number of aromatic nitrogens is 1. The zero-order chi connectivity index (χ0) is 20.8. The molecule has 3 heterocycles. The van der Waals surface area contributed by atoms with Crippen LogP contribution >= 0.6 is 0 Å². The van der Waals surface area contributed by atoms with Crippen molar-refractivity contribution in [3.63, 3.8) is 0 Å². The summed E-state index contributed by atoms with van der Waals surface area (Å²) in [5, 5.41) is 4.00. The highest BCUT2D eigenvalue weighted by Gasteiger charge is 2.26. The molecule has 1 saturated heterocycles. The summed E-state index contributed by atoms with van der Waals surface area (Å²) in [7, 11) is 0. The molecule has 1 aromatic heterocycles. The van der Waals surface area contributed by atoms with Gasteiger partial charge < -0.3 is 14.2 Å². The minimum atomic E-state index is 0.315. The average Bonchev–Trinajstić information content (AvgIpc) is 3.16. The lowest BCUT2D eigenvalue weighted by Crippen LogP contribution is -2.44. The fourth-order valence-electron chi connectivity index (χ4n) is 4.62. The largest absolute Gasteiger partial charge is 0.492 e. The smallest absolute Gasteiger partial charge is 0.222 e. The van der Waals surface area contributed by atoms with Crippen molar-refractivity contribution in [1.29, 1.82) is 0 Å².